The minimum atomic E-state index is -4.85. The van der Waals surface area contributed by atoms with E-state index in [9.17, 15) is 22.8 Å². The van der Waals surface area contributed by atoms with Gasteiger partial charge in [0, 0.05) is 5.56 Å². The van der Waals surface area contributed by atoms with Crippen molar-refractivity contribution >= 4 is 11.8 Å². The highest BCUT2D eigenvalue weighted by atomic mass is 19.4. The van der Waals surface area contributed by atoms with Gasteiger partial charge in [-0.2, -0.15) is 0 Å². The molecular weight excluding hydrogens is 433 g/mol. The number of rotatable bonds is 6. The Hall–Kier alpha value is -3.81. The van der Waals surface area contributed by atoms with Crippen LogP contribution in [-0.4, -0.2) is 23.1 Å². The number of aryl methyl sites for hydroxylation is 1. The van der Waals surface area contributed by atoms with Crippen LogP contribution < -0.4 is 10.5 Å². The van der Waals surface area contributed by atoms with Crippen LogP contribution in [-0.2, 0) is 11.2 Å². The lowest BCUT2D eigenvalue weighted by Crippen LogP contribution is -2.43. The van der Waals surface area contributed by atoms with Gasteiger partial charge in [-0.25, -0.2) is 0 Å². The molecule has 1 aliphatic carbocycles. The number of ether oxygens (including phenoxy) is 1. The number of fused-ring (bicyclic) bond motifs is 1. The maximum atomic E-state index is 13.7. The largest absolute Gasteiger partial charge is 0.573 e. The zero-order chi connectivity index (χ0) is 23.6. The normalized spacial score (nSPS) is 16.0. The molecule has 3 aromatic carbocycles. The highest BCUT2D eigenvalue weighted by Gasteiger charge is 2.40. The summed E-state index contributed by atoms with van der Waals surface area (Å²) in [6, 6.07) is 19.3. The summed E-state index contributed by atoms with van der Waals surface area (Å²) in [6.45, 7) is 0. The van der Waals surface area contributed by atoms with E-state index in [1.165, 1.54) is 17.0 Å². The van der Waals surface area contributed by atoms with Crippen LogP contribution >= 0.6 is 0 Å². The van der Waals surface area contributed by atoms with Crippen molar-refractivity contribution in [3.63, 3.8) is 0 Å². The predicted molar refractivity (Wildman–Crippen MR) is 115 cm³/mol. The number of hydrogen-bond acceptors (Lipinski definition) is 3. The Kier molecular flexibility index (Phi) is 6.09. The lowest BCUT2D eigenvalue weighted by atomic mass is 9.98. The molecule has 1 unspecified atom stereocenters. The number of nitrogens with two attached hydrogens (primary N) is 1. The number of halogens is 3. The van der Waals surface area contributed by atoms with Crippen molar-refractivity contribution in [3.05, 3.63) is 101 Å². The molecule has 0 aliphatic heterocycles. The zero-order valence-electron chi connectivity index (χ0n) is 17.5. The minimum Gasteiger partial charge on any atom is -0.406 e. The van der Waals surface area contributed by atoms with Gasteiger partial charge in [0.05, 0.1) is 6.04 Å². The fraction of sp³-hybridized carbons (Fsp3) is 0.200. The average molecular weight is 454 g/mol. The van der Waals surface area contributed by atoms with Gasteiger partial charge in [-0.15, -0.1) is 13.2 Å². The maximum Gasteiger partial charge on any atom is 0.573 e. The number of hydrogen-bond donors (Lipinski definition) is 1. The molecule has 0 saturated heterocycles. The molecule has 0 fully saturated rings. The monoisotopic (exact) mass is 454 g/mol. The molecule has 4 rings (SSSR count). The van der Waals surface area contributed by atoms with Gasteiger partial charge in [0.25, 0.3) is 5.91 Å². The number of carbonyl (C=O) groups excluding carboxylic acids is 2. The second-order valence-electron chi connectivity index (χ2n) is 7.76. The van der Waals surface area contributed by atoms with E-state index < -0.39 is 30.3 Å². The number of carbonyl (C=O) groups is 2. The molecule has 2 atom stereocenters. The molecule has 0 aromatic heterocycles. The van der Waals surface area contributed by atoms with Crippen molar-refractivity contribution in [2.45, 2.75) is 31.3 Å². The predicted octanol–water partition coefficient (Wildman–Crippen LogP) is 4.94. The second kappa shape index (κ2) is 8.97. The van der Waals surface area contributed by atoms with E-state index in [0.717, 1.165) is 5.56 Å². The second-order valence-corrected chi connectivity index (χ2v) is 7.76. The summed E-state index contributed by atoms with van der Waals surface area (Å²) in [5, 5.41) is 0. The molecule has 170 valence electrons. The van der Waals surface area contributed by atoms with Crippen LogP contribution in [0.1, 0.15) is 45.6 Å². The lowest BCUT2D eigenvalue weighted by molar-refractivity contribution is -0.274. The molecule has 8 heteroatoms. The van der Waals surface area contributed by atoms with Crippen molar-refractivity contribution < 1.29 is 27.5 Å². The smallest absolute Gasteiger partial charge is 0.406 e. The molecule has 0 bridgehead atoms. The van der Waals surface area contributed by atoms with Gasteiger partial charge >= 0.3 is 6.36 Å². The van der Waals surface area contributed by atoms with Crippen LogP contribution in [0.2, 0.25) is 0 Å². The van der Waals surface area contributed by atoms with Gasteiger partial charge in [-0.1, -0.05) is 54.6 Å². The molecule has 2 N–H and O–H groups in total. The van der Waals surface area contributed by atoms with E-state index in [1.807, 2.05) is 0 Å². The van der Waals surface area contributed by atoms with E-state index in [4.69, 9.17) is 5.73 Å². The van der Waals surface area contributed by atoms with Gasteiger partial charge in [-0.3, -0.25) is 9.59 Å². The Morgan fingerprint density at radius 2 is 1.61 bits per heavy atom. The first kappa shape index (κ1) is 22.4. The molecule has 0 spiro atoms. The Morgan fingerprint density at radius 3 is 2.21 bits per heavy atom. The molecular formula is C25H21F3N2O3. The lowest BCUT2D eigenvalue weighted by Gasteiger charge is -2.36. The van der Waals surface area contributed by atoms with Gasteiger partial charge in [-0.05, 0) is 53.8 Å². The van der Waals surface area contributed by atoms with E-state index in [2.05, 4.69) is 4.74 Å². The van der Waals surface area contributed by atoms with Crippen molar-refractivity contribution in [2.75, 3.05) is 0 Å². The summed E-state index contributed by atoms with van der Waals surface area (Å²) in [5.74, 6) is -1.56. The summed E-state index contributed by atoms with van der Waals surface area (Å²) in [5.41, 5.74) is 7.93. The third-order valence-electron chi connectivity index (χ3n) is 5.65. The van der Waals surface area contributed by atoms with Crippen LogP contribution in [0.4, 0.5) is 13.2 Å². The Labute approximate surface area is 188 Å². The number of nitrogens with zero attached hydrogens (tertiary/aromatic N) is 1. The van der Waals surface area contributed by atoms with Crippen molar-refractivity contribution in [3.8, 4) is 5.75 Å². The first-order valence-electron chi connectivity index (χ1n) is 10.3. The molecule has 0 saturated carbocycles. The first-order chi connectivity index (χ1) is 15.7. The molecule has 5 nitrogen and oxygen atoms in total. The van der Waals surface area contributed by atoms with Crippen LogP contribution in [0.25, 0.3) is 0 Å². The number of benzene rings is 3. The average Bonchev–Trinajstić information content (AvgIpc) is 3.19. The highest BCUT2D eigenvalue weighted by Crippen LogP contribution is 2.43. The Bertz CT molecular complexity index is 1150. The molecule has 3 aromatic rings. The summed E-state index contributed by atoms with van der Waals surface area (Å²) in [6.07, 6.45) is -3.88. The highest BCUT2D eigenvalue weighted by molar-refractivity contribution is 5.98. The van der Waals surface area contributed by atoms with Crippen LogP contribution in [0.15, 0.2) is 78.9 Å². The van der Waals surface area contributed by atoms with Crippen molar-refractivity contribution in [1.29, 1.82) is 0 Å². The van der Waals surface area contributed by atoms with Crippen LogP contribution in [0.3, 0.4) is 0 Å². The quantitative estimate of drug-likeness (QED) is 0.573. The number of primary amides is 1. The standard InChI is InChI=1S/C25H21F3N2O3/c26-25(27,28)33-19-13-11-16-12-14-21(20(16)15-19)30(24(32)18-9-5-2-6-10-18)22(23(29)31)17-7-3-1-4-8-17/h1-11,13,15,21-22H,12,14H2,(H2,29,31)/t21-,22?/m1/s1. The molecule has 2 amide bonds. The first-order valence-corrected chi connectivity index (χ1v) is 10.3. The topological polar surface area (TPSA) is 72.6 Å². The fourth-order valence-electron chi connectivity index (χ4n) is 4.31. The summed E-state index contributed by atoms with van der Waals surface area (Å²) in [7, 11) is 0. The summed E-state index contributed by atoms with van der Waals surface area (Å²) < 4.78 is 42.5. The molecule has 0 heterocycles. The zero-order valence-corrected chi connectivity index (χ0v) is 17.5. The Balaban J connectivity index is 1.82. The van der Waals surface area contributed by atoms with Gasteiger partial charge in [0.1, 0.15) is 11.8 Å². The van der Waals surface area contributed by atoms with Gasteiger partial charge in [0.15, 0.2) is 0 Å². The van der Waals surface area contributed by atoms with Crippen molar-refractivity contribution in [2.24, 2.45) is 5.73 Å². The van der Waals surface area contributed by atoms with Gasteiger partial charge in [0.2, 0.25) is 5.91 Å². The van der Waals surface area contributed by atoms with Gasteiger partial charge < -0.3 is 15.4 Å². The summed E-state index contributed by atoms with van der Waals surface area (Å²) in [4.78, 5) is 27.7. The minimum absolute atomic E-state index is 0.343. The molecule has 0 radical (unpaired) electrons. The van der Waals surface area contributed by atoms with E-state index in [0.29, 0.717) is 29.5 Å². The Morgan fingerprint density at radius 1 is 0.970 bits per heavy atom. The van der Waals surface area contributed by atoms with E-state index >= 15 is 0 Å². The molecule has 33 heavy (non-hydrogen) atoms. The van der Waals surface area contributed by atoms with E-state index in [-0.39, 0.29) is 5.75 Å². The number of amides is 2. The third-order valence-corrected chi connectivity index (χ3v) is 5.65. The molecule has 1 aliphatic rings. The van der Waals surface area contributed by atoms with E-state index in [1.54, 1.807) is 66.7 Å². The maximum absolute atomic E-state index is 13.7. The number of alkyl halides is 3. The third kappa shape index (κ3) is 4.84. The van der Waals surface area contributed by atoms with Crippen LogP contribution in [0, 0.1) is 0 Å². The SMILES string of the molecule is NC(=O)C(c1ccccc1)N(C(=O)c1ccccc1)[C@@H]1CCc2ccc(OC(F)(F)F)cc21. The van der Waals surface area contributed by atoms with Crippen molar-refractivity contribution in [1.82, 2.24) is 4.90 Å². The summed E-state index contributed by atoms with van der Waals surface area (Å²) >= 11 is 0. The van der Waals surface area contributed by atoms with Crippen LogP contribution in [0.5, 0.6) is 5.75 Å². The fourth-order valence-corrected chi connectivity index (χ4v) is 4.31.